The smallest absolute Gasteiger partial charge is 0.346 e. The van der Waals surface area contributed by atoms with Crippen molar-refractivity contribution in [1.82, 2.24) is 0 Å². The molecule has 0 atom stereocenters. The maximum absolute atomic E-state index is 14.1. The van der Waals surface area contributed by atoms with E-state index >= 15 is 0 Å². The van der Waals surface area contributed by atoms with Gasteiger partial charge in [0.25, 0.3) is 0 Å². The number of esters is 1. The molecule has 3 aromatic rings. The fourth-order valence-electron chi connectivity index (χ4n) is 2.35. The van der Waals surface area contributed by atoms with E-state index in [9.17, 15) is 13.6 Å². The van der Waals surface area contributed by atoms with Gasteiger partial charge in [0.15, 0.2) is 0 Å². The van der Waals surface area contributed by atoms with Crippen molar-refractivity contribution in [2.24, 2.45) is 0 Å². The molecule has 0 aromatic heterocycles. The van der Waals surface area contributed by atoms with Crippen molar-refractivity contribution in [2.45, 2.75) is 0 Å². The lowest BCUT2D eigenvalue weighted by atomic mass is 10.1. The maximum Gasteiger partial charge on any atom is 0.346 e. The predicted octanol–water partition coefficient (Wildman–Crippen LogP) is 4.90. The summed E-state index contributed by atoms with van der Waals surface area (Å²) in [6.07, 6.45) is 1.53. The Bertz CT molecular complexity index is 951. The van der Waals surface area contributed by atoms with Gasteiger partial charge in [0.2, 0.25) is 0 Å². The van der Waals surface area contributed by atoms with Crippen molar-refractivity contribution in [1.29, 1.82) is 0 Å². The molecule has 0 unspecified atom stereocenters. The second-order valence-corrected chi connectivity index (χ2v) is 5.25. The molecule has 0 amide bonds. The van der Waals surface area contributed by atoms with Crippen LogP contribution in [0.4, 0.5) is 8.78 Å². The summed E-state index contributed by atoms with van der Waals surface area (Å²) in [6, 6.07) is 13.0. The SMILES string of the molecule is C=CCOc1ccc(C(=O)Oc2ccc3c(F)cccc3c2)c(F)c1. The summed E-state index contributed by atoms with van der Waals surface area (Å²) < 4.78 is 38.1. The Hall–Kier alpha value is -3.21. The van der Waals surface area contributed by atoms with Crippen LogP contribution in [0, 0.1) is 11.6 Å². The number of ether oxygens (including phenoxy) is 2. The third kappa shape index (κ3) is 3.66. The molecule has 0 N–H and O–H groups in total. The minimum absolute atomic E-state index is 0.203. The average Bonchev–Trinajstić information content (AvgIpc) is 2.60. The van der Waals surface area contributed by atoms with Crippen LogP contribution in [0.2, 0.25) is 0 Å². The number of hydrogen-bond acceptors (Lipinski definition) is 3. The number of benzene rings is 3. The third-order valence-electron chi connectivity index (χ3n) is 3.54. The first-order valence-electron chi connectivity index (χ1n) is 7.52. The van der Waals surface area contributed by atoms with E-state index in [0.717, 1.165) is 6.07 Å². The first-order chi connectivity index (χ1) is 12.1. The van der Waals surface area contributed by atoms with Gasteiger partial charge in [0, 0.05) is 11.5 Å². The summed E-state index contributed by atoms with van der Waals surface area (Å²) in [7, 11) is 0. The van der Waals surface area contributed by atoms with Gasteiger partial charge in [-0.3, -0.25) is 0 Å². The molecule has 3 rings (SSSR count). The lowest BCUT2D eigenvalue weighted by Gasteiger charge is -2.08. The molecule has 126 valence electrons. The summed E-state index contributed by atoms with van der Waals surface area (Å²) in [5, 5.41) is 0.996. The summed E-state index contributed by atoms with van der Waals surface area (Å²) in [6.45, 7) is 3.73. The van der Waals surface area contributed by atoms with Gasteiger partial charge in [0.1, 0.15) is 29.7 Å². The minimum atomic E-state index is -0.844. The van der Waals surface area contributed by atoms with Gasteiger partial charge in [-0.1, -0.05) is 24.8 Å². The molecule has 0 aliphatic heterocycles. The number of fused-ring (bicyclic) bond motifs is 1. The summed E-state index contributed by atoms with van der Waals surface area (Å²) >= 11 is 0. The monoisotopic (exact) mass is 340 g/mol. The molecule has 0 bridgehead atoms. The standard InChI is InChI=1S/C20H14F2O3/c1-2-10-24-14-6-9-17(19(22)12-14)20(23)25-15-7-8-16-13(11-15)4-3-5-18(16)21/h2-9,11-12H,1,10H2. The van der Waals surface area contributed by atoms with Crippen molar-refractivity contribution < 1.29 is 23.0 Å². The molecule has 0 spiro atoms. The van der Waals surface area contributed by atoms with Crippen LogP contribution in [0.25, 0.3) is 10.8 Å². The van der Waals surface area contributed by atoms with Crippen LogP contribution in [0.1, 0.15) is 10.4 Å². The van der Waals surface area contributed by atoms with Gasteiger partial charge in [-0.15, -0.1) is 0 Å². The largest absolute Gasteiger partial charge is 0.489 e. The Labute approximate surface area is 143 Å². The van der Waals surface area contributed by atoms with Crippen LogP contribution in [-0.2, 0) is 0 Å². The van der Waals surface area contributed by atoms with Crippen LogP contribution in [0.3, 0.4) is 0 Å². The fourth-order valence-corrected chi connectivity index (χ4v) is 2.35. The number of rotatable bonds is 5. The maximum atomic E-state index is 14.1. The molecule has 3 aromatic carbocycles. The molecule has 0 aliphatic carbocycles. The quantitative estimate of drug-likeness (QED) is 0.376. The predicted molar refractivity (Wildman–Crippen MR) is 91.0 cm³/mol. The van der Waals surface area contributed by atoms with Crippen LogP contribution in [0.5, 0.6) is 11.5 Å². The van der Waals surface area contributed by atoms with Crippen molar-refractivity contribution >= 4 is 16.7 Å². The van der Waals surface area contributed by atoms with Crippen LogP contribution in [-0.4, -0.2) is 12.6 Å². The van der Waals surface area contributed by atoms with E-state index in [0.29, 0.717) is 10.8 Å². The van der Waals surface area contributed by atoms with Gasteiger partial charge >= 0.3 is 5.97 Å². The normalized spacial score (nSPS) is 10.5. The van der Waals surface area contributed by atoms with Gasteiger partial charge in [0.05, 0.1) is 5.56 Å². The van der Waals surface area contributed by atoms with E-state index in [2.05, 4.69) is 6.58 Å². The first-order valence-corrected chi connectivity index (χ1v) is 7.52. The second-order valence-electron chi connectivity index (χ2n) is 5.25. The van der Waals surface area contributed by atoms with E-state index < -0.39 is 11.8 Å². The lowest BCUT2D eigenvalue weighted by molar-refractivity contribution is 0.0730. The lowest BCUT2D eigenvalue weighted by Crippen LogP contribution is -2.11. The molecule has 0 fully saturated rings. The zero-order valence-corrected chi connectivity index (χ0v) is 13.2. The topological polar surface area (TPSA) is 35.5 Å². The minimum Gasteiger partial charge on any atom is -0.489 e. The van der Waals surface area contributed by atoms with Crippen molar-refractivity contribution in [3.63, 3.8) is 0 Å². The zero-order chi connectivity index (χ0) is 17.8. The molecule has 25 heavy (non-hydrogen) atoms. The molecular formula is C20H14F2O3. The van der Waals surface area contributed by atoms with E-state index in [1.165, 1.54) is 42.5 Å². The Morgan fingerprint density at radius 2 is 1.80 bits per heavy atom. The highest BCUT2D eigenvalue weighted by Gasteiger charge is 2.15. The molecule has 0 radical (unpaired) electrons. The van der Waals surface area contributed by atoms with Gasteiger partial charge in [-0.25, -0.2) is 13.6 Å². The number of hydrogen-bond donors (Lipinski definition) is 0. The highest BCUT2D eigenvalue weighted by molar-refractivity contribution is 5.92. The average molecular weight is 340 g/mol. The van der Waals surface area contributed by atoms with E-state index in [1.807, 2.05) is 0 Å². The molecule has 0 saturated carbocycles. The second kappa shape index (κ2) is 7.13. The van der Waals surface area contributed by atoms with Gasteiger partial charge < -0.3 is 9.47 Å². The summed E-state index contributed by atoms with van der Waals surface area (Å²) in [5.74, 6) is -1.47. The van der Waals surface area contributed by atoms with Crippen molar-refractivity contribution in [2.75, 3.05) is 6.61 Å². The van der Waals surface area contributed by atoms with Gasteiger partial charge in [-0.05, 0) is 41.8 Å². The fraction of sp³-hybridized carbons (Fsp3) is 0.0500. The number of halogens is 2. The first kappa shape index (κ1) is 16.6. The Kier molecular flexibility index (Phi) is 4.75. The molecule has 0 aliphatic rings. The number of carbonyl (C=O) groups excluding carboxylic acids is 1. The Balaban J connectivity index is 1.81. The van der Waals surface area contributed by atoms with E-state index in [4.69, 9.17) is 9.47 Å². The van der Waals surface area contributed by atoms with Gasteiger partial charge in [-0.2, -0.15) is 0 Å². The summed E-state index contributed by atoms with van der Waals surface area (Å²) in [4.78, 5) is 12.2. The van der Waals surface area contributed by atoms with E-state index in [1.54, 1.807) is 12.1 Å². The Morgan fingerprint density at radius 3 is 2.56 bits per heavy atom. The molecular weight excluding hydrogens is 326 g/mol. The van der Waals surface area contributed by atoms with Crippen LogP contribution < -0.4 is 9.47 Å². The van der Waals surface area contributed by atoms with Crippen molar-refractivity contribution in [3.8, 4) is 11.5 Å². The third-order valence-corrected chi connectivity index (χ3v) is 3.54. The van der Waals surface area contributed by atoms with Crippen LogP contribution >= 0.6 is 0 Å². The summed E-state index contributed by atoms with van der Waals surface area (Å²) in [5.41, 5.74) is -0.217. The molecule has 3 nitrogen and oxygen atoms in total. The van der Waals surface area contributed by atoms with Crippen molar-refractivity contribution in [3.05, 3.63) is 84.5 Å². The molecule has 0 saturated heterocycles. The molecule has 5 heteroatoms. The highest BCUT2D eigenvalue weighted by atomic mass is 19.1. The Morgan fingerprint density at radius 1 is 1.00 bits per heavy atom. The highest BCUT2D eigenvalue weighted by Crippen LogP contribution is 2.24. The molecule has 0 heterocycles. The number of carbonyl (C=O) groups is 1. The van der Waals surface area contributed by atoms with Crippen LogP contribution in [0.15, 0.2) is 67.3 Å². The zero-order valence-electron chi connectivity index (χ0n) is 13.2. The van der Waals surface area contributed by atoms with E-state index in [-0.39, 0.29) is 29.5 Å².